The van der Waals surface area contributed by atoms with Crippen LogP contribution < -0.4 is 20.5 Å². The molecule has 4 N–H and O–H groups in total. The van der Waals surface area contributed by atoms with Crippen LogP contribution in [0, 0.1) is 0 Å². The summed E-state index contributed by atoms with van der Waals surface area (Å²) in [5.41, 5.74) is 5.41. The number of nitrogens with two attached hydrogens (primary N) is 1. The third kappa shape index (κ3) is 4.67. The number of alkyl carbamates (subject to hydrolysis) is 1. The number of hydrogen-bond donors (Lipinski definition) is 3. The molecule has 28 heavy (non-hydrogen) atoms. The smallest absolute Gasteiger partial charge is 0.408 e. The second-order valence-electron chi connectivity index (χ2n) is 8.14. The van der Waals surface area contributed by atoms with Crippen LogP contribution in [0.25, 0.3) is 0 Å². The maximum Gasteiger partial charge on any atom is 0.408 e. The van der Waals surface area contributed by atoms with Crippen LogP contribution in [0.1, 0.15) is 52.0 Å². The van der Waals surface area contributed by atoms with Crippen LogP contribution >= 0.6 is 0 Å². The molecule has 1 amide bonds. The Balaban J connectivity index is 1.78. The SMILES string of the molecule is CC(C)(C)OC(=O)NC1(COc2cccc3c2C(N)=NS(=O)(=O)N3)CCCC1. The number of amidine groups is 1. The number of carbonyl (C=O) groups is 1. The monoisotopic (exact) mass is 410 g/mol. The summed E-state index contributed by atoms with van der Waals surface area (Å²) < 4.78 is 40.6. The minimum atomic E-state index is -3.85. The molecule has 2 aliphatic rings. The summed E-state index contributed by atoms with van der Waals surface area (Å²) in [7, 11) is -3.85. The first-order valence-corrected chi connectivity index (χ1v) is 10.6. The van der Waals surface area contributed by atoms with Gasteiger partial charge in [-0.2, -0.15) is 8.42 Å². The van der Waals surface area contributed by atoms with E-state index in [1.54, 1.807) is 18.2 Å². The number of amides is 1. The number of anilines is 1. The van der Waals surface area contributed by atoms with E-state index in [0.29, 0.717) is 17.0 Å². The Bertz CT molecular complexity index is 899. The topological polar surface area (TPSA) is 132 Å². The lowest BCUT2D eigenvalue weighted by molar-refractivity contribution is 0.0416. The maximum atomic E-state index is 12.3. The molecular formula is C18H26N4O5S. The maximum absolute atomic E-state index is 12.3. The van der Waals surface area contributed by atoms with E-state index in [0.717, 1.165) is 25.7 Å². The van der Waals surface area contributed by atoms with Gasteiger partial charge in [0.05, 0.1) is 16.8 Å². The molecule has 0 spiro atoms. The minimum absolute atomic E-state index is 0.134. The van der Waals surface area contributed by atoms with Crippen molar-refractivity contribution in [2.45, 2.75) is 57.6 Å². The Morgan fingerprint density at radius 1 is 1.32 bits per heavy atom. The second-order valence-corrected chi connectivity index (χ2v) is 9.47. The Labute approximate surface area is 164 Å². The predicted octanol–water partition coefficient (Wildman–Crippen LogP) is 2.28. The van der Waals surface area contributed by atoms with E-state index in [1.165, 1.54) is 0 Å². The number of ether oxygens (including phenoxy) is 2. The summed E-state index contributed by atoms with van der Waals surface area (Å²) >= 11 is 0. The molecule has 1 heterocycles. The first-order chi connectivity index (χ1) is 13.0. The average Bonchev–Trinajstić information content (AvgIpc) is 2.98. The normalized spacial score (nSPS) is 19.8. The number of hydrogen-bond acceptors (Lipinski definition) is 6. The lowest BCUT2D eigenvalue weighted by Gasteiger charge is -2.32. The molecule has 3 rings (SSSR count). The number of benzene rings is 1. The molecule has 0 atom stereocenters. The van der Waals surface area contributed by atoms with Crippen molar-refractivity contribution >= 4 is 27.8 Å². The summed E-state index contributed by atoms with van der Waals surface area (Å²) in [4.78, 5) is 12.3. The number of fused-ring (bicyclic) bond motifs is 1. The van der Waals surface area contributed by atoms with E-state index >= 15 is 0 Å². The van der Waals surface area contributed by atoms with Gasteiger partial charge < -0.3 is 20.5 Å². The van der Waals surface area contributed by atoms with E-state index < -0.39 is 27.4 Å². The zero-order chi connectivity index (χ0) is 20.6. The lowest BCUT2D eigenvalue weighted by Crippen LogP contribution is -2.52. The molecule has 1 aliphatic carbocycles. The summed E-state index contributed by atoms with van der Waals surface area (Å²) in [6.07, 6.45) is 2.97. The number of nitrogens with one attached hydrogen (secondary N) is 2. The van der Waals surface area contributed by atoms with E-state index in [4.69, 9.17) is 15.2 Å². The van der Waals surface area contributed by atoms with Crippen molar-refractivity contribution in [1.29, 1.82) is 0 Å². The van der Waals surface area contributed by atoms with Gasteiger partial charge in [0.2, 0.25) is 0 Å². The third-order valence-corrected chi connectivity index (χ3v) is 5.49. The van der Waals surface area contributed by atoms with E-state index in [1.807, 2.05) is 20.8 Å². The van der Waals surface area contributed by atoms with Gasteiger partial charge in [0, 0.05) is 0 Å². The first-order valence-electron chi connectivity index (χ1n) is 9.14. The van der Waals surface area contributed by atoms with Crippen LogP contribution in [-0.4, -0.2) is 38.1 Å². The molecule has 1 aliphatic heterocycles. The highest BCUT2D eigenvalue weighted by Gasteiger charge is 2.38. The molecular weight excluding hydrogens is 384 g/mol. The van der Waals surface area contributed by atoms with Crippen LogP contribution in [0.5, 0.6) is 5.75 Å². The van der Waals surface area contributed by atoms with Gasteiger partial charge in [0.1, 0.15) is 18.0 Å². The van der Waals surface area contributed by atoms with Crippen molar-refractivity contribution in [2.75, 3.05) is 11.3 Å². The second kappa shape index (κ2) is 7.16. The van der Waals surface area contributed by atoms with Crippen molar-refractivity contribution < 1.29 is 22.7 Å². The van der Waals surface area contributed by atoms with Crippen LogP contribution in [0.4, 0.5) is 10.5 Å². The van der Waals surface area contributed by atoms with Gasteiger partial charge in [0.25, 0.3) is 0 Å². The molecule has 1 fully saturated rings. The molecule has 1 aromatic carbocycles. The Kier molecular flexibility index (Phi) is 5.18. The van der Waals surface area contributed by atoms with Crippen molar-refractivity contribution in [1.82, 2.24) is 5.32 Å². The number of nitrogens with zero attached hydrogens (tertiary/aromatic N) is 1. The minimum Gasteiger partial charge on any atom is -0.490 e. The van der Waals surface area contributed by atoms with Gasteiger partial charge in [-0.05, 0) is 45.7 Å². The lowest BCUT2D eigenvalue weighted by atomic mass is 9.99. The zero-order valence-corrected chi connectivity index (χ0v) is 17.1. The van der Waals surface area contributed by atoms with Crippen LogP contribution in [0.15, 0.2) is 22.6 Å². The zero-order valence-electron chi connectivity index (χ0n) is 16.2. The highest BCUT2D eigenvalue weighted by atomic mass is 32.2. The average molecular weight is 410 g/mol. The van der Waals surface area contributed by atoms with Crippen molar-refractivity contribution in [3.05, 3.63) is 23.8 Å². The number of rotatable bonds is 4. The number of carbonyl (C=O) groups excluding carboxylic acids is 1. The largest absolute Gasteiger partial charge is 0.490 e. The fourth-order valence-electron chi connectivity index (χ4n) is 3.43. The Morgan fingerprint density at radius 3 is 2.64 bits per heavy atom. The van der Waals surface area contributed by atoms with Crippen LogP contribution in [0.2, 0.25) is 0 Å². The van der Waals surface area contributed by atoms with Gasteiger partial charge >= 0.3 is 16.3 Å². The Morgan fingerprint density at radius 2 is 2.00 bits per heavy atom. The van der Waals surface area contributed by atoms with E-state index in [-0.39, 0.29) is 12.4 Å². The summed E-state index contributed by atoms with van der Waals surface area (Å²) in [6, 6.07) is 4.94. The first kappa shape index (κ1) is 20.2. The van der Waals surface area contributed by atoms with Crippen LogP contribution in [-0.2, 0) is 14.9 Å². The molecule has 154 valence electrons. The van der Waals surface area contributed by atoms with Gasteiger partial charge in [-0.15, -0.1) is 4.40 Å². The summed E-state index contributed by atoms with van der Waals surface area (Å²) in [5, 5.41) is 2.96. The molecule has 0 aromatic heterocycles. The van der Waals surface area contributed by atoms with E-state index in [9.17, 15) is 13.2 Å². The quantitative estimate of drug-likeness (QED) is 0.698. The Hall–Kier alpha value is -2.49. The standard InChI is InChI=1S/C18H26N4O5S/c1-17(2,3)27-16(23)20-18(9-4-5-10-18)11-26-13-8-6-7-12-14(13)15(19)22-28(24,25)21-12/h6-8,21H,4-5,9-11H2,1-3H3,(H2,19,22)(H,20,23). The molecule has 10 heteroatoms. The molecule has 1 saturated carbocycles. The van der Waals surface area contributed by atoms with Crippen molar-refractivity contribution in [3.8, 4) is 5.75 Å². The van der Waals surface area contributed by atoms with Gasteiger partial charge in [-0.3, -0.25) is 4.72 Å². The molecule has 0 radical (unpaired) electrons. The highest BCUT2D eigenvalue weighted by Crippen LogP contribution is 2.34. The molecule has 0 unspecified atom stereocenters. The summed E-state index contributed by atoms with van der Waals surface area (Å²) in [5.74, 6) is 0.267. The third-order valence-electron chi connectivity index (χ3n) is 4.57. The van der Waals surface area contributed by atoms with Gasteiger partial charge in [0.15, 0.2) is 5.84 Å². The van der Waals surface area contributed by atoms with E-state index in [2.05, 4.69) is 14.4 Å². The molecule has 0 saturated heterocycles. The summed E-state index contributed by atoms with van der Waals surface area (Å²) in [6.45, 7) is 5.64. The molecule has 0 bridgehead atoms. The predicted molar refractivity (Wildman–Crippen MR) is 106 cm³/mol. The van der Waals surface area contributed by atoms with Gasteiger partial charge in [-0.1, -0.05) is 18.9 Å². The molecule has 1 aromatic rings. The van der Waals surface area contributed by atoms with Crippen molar-refractivity contribution in [2.24, 2.45) is 10.1 Å². The fourth-order valence-corrected chi connectivity index (χ4v) is 4.27. The highest BCUT2D eigenvalue weighted by molar-refractivity contribution is 7.91. The fraction of sp³-hybridized carbons (Fsp3) is 0.556. The van der Waals surface area contributed by atoms with Gasteiger partial charge in [-0.25, -0.2) is 4.79 Å². The van der Waals surface area contributed by atoms with Crippen LogP contribution in [0.3, 0.4) is 0 Å². The molecule has 9 nitrogen and oxygen atoms in total. The van der Waals surface area contributed by atoms with Crippen molar-refractivity contribution in [3.63, 3.8) is 0 Å².